The molecular weight excluding hydrogens is 491 g/mol. The van der Waals surface area contributed by atoms with E-state index < -0.39 is 26.8 Å². The van der Waals surface area contributed by atoms with Crippen LogP contribution in [0.15, 0.2) is 114 Å². The van der Waals surface area contributed by atoms with Crippen LogP contribution in [-0.2, 0) is 21.2 Å². The van der Waals surface area contributed by atoms with Crippen molar-refractivity contribution >= 4 is 21.8 Å². The summed E-state index contributed by atoms with van der Waals surface area (Å²) in [6, 6.07) is 24.9. The summed E-state index contributed by atoms with van der Waals surface area (Å²) in [5, 5.41) is 1.56. The first-order valence-corrected chi connectivity index (χ1v) is 13.1. The third-order valence-corrected chi connectivity index (χ3v) is 7.71. The van der Waals surface area contributed by atoms with Crippen molar-refractivity contribution in [1.29, 1.82) is 0 Å². The molecule has 3 aromatic carbocycles. The van der Waals surface area contributed by atoms with E-state index in [4.69, 9.17) is 4.74 Å². The summed E-state index contributed by atoms with van der Waals surface area (Å²) >= 11 is 0. The van der Waals surface area contributed by atoms with Crippen LogP contribution in [0.4, 0.5) is 4.39 Å². The van der Waals surface area contributed by atoms with Gasteiger partial charge in [0.25, 0.3) is 0 Å². The Morgan fingerprint density at radius 1 is 0.946 bits per heavy atom. The highest BCUT2D eigenvalue weighted by atomic mass is 32.2. The number of sulfone groups is 1. The molecule has 0 radical (unpaired) electrons. The largest absolute Gasteiger partial charge is 0.489 e. The number of hydrogen-bond acceptors (Lipinski definition) is 5. The fourth-order valence-corrected chi connectivity index (χ4v) is 5.25. The van der Waals surface area contributed by atoms with E-state index in [1.165, 1.54) is 30.6 Å². The highest BCUT2D eigenvalue weighted by molar-refractivity contribution is 7.91. The minimum atomic E-state index is -3.92. The average molecular weight is 517 g/mol. The number of carbonyl (C=O) groups excluding carboxylic acids is 1. The van der Waals surface area contributed by atoms with Crippen molar-refractivity contribution in [3.8, 4) is 5.75 Å². The number of ether oxygens (including phenoxy) is 1. The summed E-state index contributed by atoms with van der Waals surface area (Å²) in [6.45, 7) is 0.276. The van der Waals surface area contributed by atoms with Gasteiger partial charge in [0, 0.05) is 25.0 Å². The minimum absolute atomic E-state index is 0.0397. The number of pyridine rings is 1. The van der Waals surface area contributed by atoms with E-state index in [9.17, 15) is 17.6 Å². The van der Waals surface area contributed by atoms with Crippen molar-refractivity contribution in [2.75, 3.05) is 6.54 Å². The average Bonchev–Trinajstić information content (AvgIpc) is 2.93. The molecule has 1 N–H and O–H groups in total. The van der Waals surface area contributed by atoms with Gasteiger partial charge in [-0.15, -0.1) is 0 Å². The first-order valence-electron chi connectivity index (χ1n) is 11.5. The van der Waals surface area contributed by atoms with Crippen molar-refractivity contribution in [2.24, 2.45) is 0 Å². The van der Waals surface area contributed by atoms with Crippen molar-refractivity contribution in [1.82, 2.24) is 10.3 Å². The van der Waals surface area contributed by atoms with Crippen LogP contribution in [0, 0.1) is 5.82 Å². The van der Waals surface area contributed by atoms with Crippen molar-refractivity contribution in [3.63, 3.8) is 0 Å². The minimum Gasteiger partial charge on any atom is -0.489 e. The molecule has 4 aromatic rings. The summed E-state index contributed by atoms with van der Waals surface area (Å²) in [5.74, 6) is -0.283. The molecular formula is C29H25FN2O4S. The second-order valence-electron chi connectivity index (χ2n) is 8.20. The van der Waals surface area contributed by atoms with Crippen LogP contribution in [-0.4, -0.2) is 25.9 Å². The molecule has 1 aromatic heterocycles. The van der Waals surface area contributed by atoms with E-state index in [1.807, 2.05) is 54.6 Å². The summed E-state index contributed by atoms with van der Waals surface area (Å²) in [5.41, 5.74) is 2.27. The zero-order chi connectivity index (χ0) is 26.1. The Labute approximate surface area is 215 Å². The zero-order valence-electron chi connectivity index (χ0n) is 19.8. The second-order valence-corrected chi connectivity index (χ2v) is 10.3. The maximum absolute atomic E-state index is 13.3. The molecule has 188 valence electrons. The van der Waals surface area contributed by atoms with Gasteiger partial charge >= 0.3 is 0 Å². The maximum atomic E-state index is 13.3. The number of nitrogens with one attached hydrogen (secondary N) is 1. The Balaban J connectivity index is 1.39. The first-order chi connectivity index (χ1) is 17.9. The zero-order valence-corrected chi connectivity index (χ0v) is 20.6. The van der Waals surface area contributed by atoms with E-state index in [-0.39, 0.29) is 11.4 Å². The molecule has 0 bridgehead atoms. The molecule has 0 aliphatic carbocycles. The molecule has 0 aliphatic rings. The van der Waals surface area contributed by atoms with Crippen LogP contribution in [0.2, 0.25) is 0 Å². The van der Waals surface area contributed by atoms with Gasteiger partial charge in [0.15, 0.2) is 9.84 Å². The topological polar surface area (TPSA) is 85.4 Å². The number of aromatic nitrogens is 1. The Morgan fingerprint density at radius 2 is 1.68 bits per heavy atom. The Morgan fingerprint density at radius 3 is 2.35 bits per heavy atom. The van der Waals surface area contributed by atoms with Crippen LogP contribution in [0.25, 0.3) is 6.08 Å². The van der Waals surface area contributed by atoms with Crippen LogP contribution < -0.4 is 10.1 Å². The lowest BCUT2D eigenvalue weighted by Gasteiger charge is -2.18. The fraction of sp³-hybridized carbons (Fsp3) is 0.103. The lowest BCUT2D eigenvalue weighted by molar-refractivity contribution is -0.116. The lowest BCUT2D eigenvalue weighted by Crippen LogP contribution is -2.31. The number of nitrogens with zero attached hydrogens (tertiary/aromatic N) is 1. The molecule has 8 heteroatoms. The highest BCUT2D eigenvalue weighted by Crippen LogP contribution is 2.28. The molecule has 37 heavy (non-hydrogen) atoms. The van der Waals surface area contributed by atoms with Gasteiger partial charge in [-0.05, 0) is 65.2 Å². The van der Waals surface area contributed by atoms with E-state index in [0.29, 0.717) is 17.9 Å². The second kappa shape index (κ2) is 12.1. The highest BCUT2D eigenvalue weighted by Gasteiger charge is 2.29. The summed E-state index contributed by atoms with van der Waals surface area (Å²) in [4.78, 5) is 16.5. The number of rotatable bonds is 10. The molecule has 1 amide bonds. The van der Waals surface area contributed by atoms with Gasteiger partial charge in [0.2, 0.25) is 5.91 Å². The number of halogens is 1. The van der Waals surface area contributed by atoms with E-state index in [0.717, 1.165) is 23.3 Å². The number of benzene rings is 3. The molecule has 0 saturated carbocycles. The SMILES string of the molecule is O=C(/C=C/c1ccc(OCc2ccccc2)cc1)NCC(c1cccnc1)S(=O)(=O)c1ccc(F)cc1. The molecule has 1 atom stereocenters. The Bertz CT molecular complexity index is 1440. The molecule has 6 nitrogen and oxygen atoms in total. The van der Waals surface area contributed by atoms with E-state index in [1.54, 1.807) is 18.2 Å². The first kappa shape index (κ1) is 25.8. The van der Waals surface area contributed by atoms with Crippen LogP contribution in [0.5, 0.6) is 5.75 Å². The van der Waals surface area contributed by atoms with Crippen molar-refractivity contribution < 1.29 is 22.3 Å². The van der Waals surface area contributed by atoms with Gasteiger partial charge in [-0.3, -0.25) is 9.78 Å². The summed E-state index contributed by atoms with van der Waals surface area (Å²) < 4.78 is 45.7. The molecule has 0 spiro atoms. The quantitative estimate of drug-likeness (QED) is 0.233. The van der Waals surface area contributed by atoms with Crippen LogP contribution in [0.3, 0.4) is 0 Å². The summed E-state index contributed by atoms with van der Waals surface area (Å²) in [7, 11) is -3.92. The Hall–Kier alpha value is -4.30. The standard InChI is InChI=1S/C29H25FN2O4S/c30-25-11-15-27(16-12-25)37(34,35)28(24-7-4-18-31-19-24)20-32-29(33)17-10-22-8-13-26(14-9-22)36-21-23-5-2-1-3-6-23/h1-19,28H,20-21H2,(H,32,33)/b17-10+. The van der Waals surface area contributed by atoms with Gasteiger partial charge < -0.3 is 10.1 Å². The third-order valence-electron chi connectivity index (χ3n) is 5.59. The van der Waals surface area contributed by atoms with Gasteiger partial charge in [-0.1, -0.05) is 48.5 Å². The van der Waals surface area contributed by atoms with E-state index >= 15 is 0 Å². The monoisotopic (exact) mass is 516 g/mol. The fourth-order valence-electron chi connectivity index (χ4n) is 3.60. The molecule has 0 aliphatic heterocycles. The normalized spacial score (nSPS) is 12.2. The molecule has 0 fully saturated rings. The predicted octanol–water partition coefficient (Wildman–Crippen LogP) is 5.14. The summed E-state index contributed by atoms with van der Waals surface area (Å²) in [6.07, 6.45) is 5.94. The third kappa shape index (κ3) is 7.11. The van der Waals surface area contributed by atoms with Crippen molar-refractivity contribution in [2.45, 2.75) is 16.8 Å². The van der Waals surface area contributed by atoms with Gasteiger partial charge in [0.1, 0.15) is 23.4 Å². The van der Waals surface area contributed by atoms with Gasteiger partial charge in [0.05, 0.1) is 4.90 Å². The van der Waals surface area contributed by atoms with Gasteiger partial charge in [-0.2, -0.15) is 0 Å². The van der Waals surface area contributed by atoms with Crippen LogP contribution in [0.1, 0.15) is 21.9 Å². The molecule has 4 rings (SSSR count). The smallest absolute Gasteiger partial charge is 0.244 e. The predicted molar refractivity (Wildman–Crippen MR) is 140 cm³/mol. The number of hydrogen-bond donors (Lipinski definition) is 1. The van der Waals surface area contributed by atoms with Crippen LogP contribution >= 0.6 is 0 Å². The molecule has 1 unspecified atom stereocenters. The van der Waals surface area contributed by atoms with E-state index in [2.05, 4.69) is 10.3 Å². The Kier molecular flexibility index (Phi) is 8.43. The number of carbonyl (C=O) groups is 1. The van der Waals surface area contributed by atoms with Gasteiger partial charge in [-0.25, -0.2) is 12.8 Å². The molecule has 0 saturated heterocycles. The number of amides is 1. The lowest BCUT2D eigenvalue weighted by atomic mass is 10.2. The molecule has 1 heterocycles. The van der Waals surface area contributed by atoms with Crippen molar-refractivity contribution in [3.05, 3.63) is 132 Å². The maximum Gasteiger partial charge on any atom is 0.244 e.